The fraction of sp³-hybridized carbons (Fsp3) is 0.692. The van der Waals surface area contributed by atoms with E-state index >= 15 is 0 Å². The number of ether oxygens (including phenoxy) is 2. The molecule has 98 valence electrons. The molecule has 0 saturated carbocycles. The lowest BCUT2D eigenvalue weighted by molar-refractivity contribution is -0.00666. The van der Waals surface area contributed by atoms with Gasteiger partial charge in [0.25, 0.3) is 0 Å². The summed E-state index contributed by atoms with van der Waals surface area (Å²) in [6.07, 6.45) is 0.0855. The fourth-order valence-electron chi connectivity index (χ4n) is 1.41. The van der Waals surface area contributed by atoms with Crippen LogP contribution in [0.1, 0.15) is 32.3 Å². The van der Waals surface area contributed by atoms with Crippen molar-refractivity contribution < 1.29 is 13.9 Å². The minimum Gasteiger partial charge on any atom is -0.462 e. The molecular weight excluding hydrogens is 218 g/mol. The highest BCUT2D eigenvalue weighted by Crippen LogP contribution is 2.10. The molecule has 1 heterocycles. The Hall–Kier alpha value is -0.840. The van der Waals surface area contributed by atoms with Gasteiger partial charge < -0.3 is 19.2 Å². The minimum atomic E-state index is 0.0855. The van der Waals surface area contributed by atoms with Crippen LogP contribution >= 0.6 is 0 Å². The summed E-state index contributed by atoms with van der Waals surface area (Å²) in [5.41, 5.74) is 0. The van der Waals surface area contributed by atoms with E-state index in [-0.39, 0.29) is 6.10 Å². The number of hydrogen-bond donors (Lipinski definition) is 1. The summed E-state index contributed by atoms with van der Waals surface area (Å²) in [5.74, 6) is 1.80. The van der Waals surface area contributed by atoms with Crippen molar-refractivity contribution in [3.8, 4) is 0 Å². The van der Waals surface area contributed by atoms with Crippen molar-refractivity contribution in [2.75, 3.05) is 13.7 Å². The molecule has 0 fully saturated rings. The van der Waals surface area contributed by atoms with E-state index in [1.807, 2.05) is 19.1 Å². The Morgan fingerprint density at radius 2 is 1.94 bits per heavy atom. The number of furan rings is 1. The molecule has 0 aliphatic carbocycles. The van der Waals surface area contributed by atoms with Crippen molar-refractivity contribution in [3.63, 3.8) is 0 Å². The average Bonchev–Trinajstić information content (AvgIpc) is 2.72. The SMILES string of the molecule is COCC(C)OCc1ccc(CNC(C)C)o1. The lowest BCUT2D eigenvalue weighted by atomic mass is 10.3. The highest BCUT2D eigenvalue weighted by molar-refractivity contribution is 5.06. The van der Waals surface area contributed by atoms with Gasteiger partial charge in [0.15, 0.2) is 0 Å². The van der Waals surface area contributed by atoms with Gasteiger partial charge in [0.05, 0.1) is 19.3 Å². The molecule has 0 aliphatic rings. The fourth-order valence-corrected chi connectivity index (χ4v) is 1.41. The van der Waals surface area contributed by atoms with E-state index < -0.39 is 0 Å². The molecule has 0 aromatic carbocycles. The summed E-state index contributed by atoms with van der Waals surface area (Å²) in [5, 5.41) is 3.31. The molecule has 0 saturated heterocycles. The molecule has 4 heteroatoms. The van der Waals surface area contributed by atoms with E-state index in [1.54, 1.807) is 7.11 Å². The molecule has 0 amide bonds. The number of hydrogen-bond acceptors (Lipinski definition) is 4. The lowest BCUT2D eigenvalue weighted by Gasteiger charge is -2.10. The first-order valence-corrected chi connectivity index (χ1v) is 6.03. The van der Waals surface area contributed by atoms with Crippen molar-refractivity contribution in [2.24, 2.45) is 0 Å². The monoisotopic (exact) mass is 241 g/mol. The third-order valence-corrected chi connectivity index (χ3v) is 2.31. The molecule has 0 spiro atoms. The van der Waals surface area contributed by atoms with E-state index in [9.17, 15) is 0 Å². The van der Waals surface area contributed by atoms with Crippen LogP contribution in [0.4, 0.5) is 0 Å². The van der Waals surface area contributed by atoms with Crippen LogP contribution in [0.15, 0.2) is 16.5 Å². The van der Waals surface area contributed by atoms with Crippen LogP contribution in [0.5, 0.6) is 0 Å². The van der Waals surface area contributed by atoms with Gasteiger partial charge in [-0.1, -0.05) is 13.8 Å². The molecule has 1 aromatic rings. The van der Waals surface area contributed by atoms with Crippen LogP contribution in [0.25, 0.3) is 0 Å². The molecule has 1 atom stereocenters. The molecule has 0 bridgehead atoms. The standard InChI is InChI=1S/C13H23NO3/c1-10(2)14-7-12-5-6-13(17-12)9-16-11(3)8-15-4/h5-6,10-11,14H,7-9H2,1-4H3. The van der Waals surface area contributed by atoms with E-state index in [2.05, 4.69) is 19.2 Å². The third-order valence-electron chi connectivity index (χ3n) is 2.31. The summed E-state index contributed by atoms with van der Waals surface area (Å²) >= 11 is 0. The zero-order chi connectivity index (χ0) is 12.7. The molecule has 1 rings (SSSR count). The molecule has 1 aromatic heterocycles. The maximum Gasteiger partial charge on any atom is 0.129 e. The maximum absolute atomic E-state index is 5.63. The zero-order valence-corrected chi connectivity index (χ0v) is 11.2. The van der Waals surface area contributed by atoms with E-state index in [4.69, 9.17) is 13.9 Å². The Bertz CT molecular complexity index is 309. The van der Waals surface area contributed by atoms with Gasteiger partial charge in [-0.05, 0) is 19.1 Å². The van der Waals surface area contributed by atoms with E-state index in [0.717, 1.165) is 18.1 Å². The van der Waals surface area contributed by atoms with Gasteiger partial charge in [0, 0.05) is 13.2 Å². The summed E-state index contributed by atoms with van der Waals surface area (Å²) in [6.45, 7) is 8.05. The van der Waals surface area contributed by atoms with Crippen LogP contribution in [0.3, 0.4) is 0 Å². The smallest absolute Gasteiger partial charge is 0.129 e. The summed E-state index contributed by atoms with van der Waals surface area (Å²) < 4.78 is 16.2. The van der Waals surface area contributed by atoms with E-state index in [0.29, 0.717) is 19.3 Å². The van der Waals surface area contributed by atoms with Gasteiger partial charge in [-0.3, -0.25) is 0 Å². The predicted molar refractivity (Wildman–Crippen MR) is 66.8 cm³/mol. The highest BCUT2D eigenvalue weighted by Gasteiger charge is 2.06. The van der Waals surface area contributed by atoms with E-state index in [1.165, 1.54) is 0 Å². The Morgan fingerprint density at radius 1 is 1.24 bits per heavy atom. The second-order valence-corrected chi connectivity index (χ2v) is 4.48. The molecular formula is C13H23NO3. The molecule has 0 aliphatic heterocycles. The molecule has 1 unspecified atom stereocenters. The lowest BCUT2D eigenvalue weighted by Crippen LogP contribution is -2.21. The normalized spacial score (nSPS) is 13.2. The minimum absolute atomic E-state index is 0.0855. The van der Waals surface area contributed by atoms with Crippen LogP contribution in [0.2, 0.25) is 0 Å². The Morgan fingerprint density at radius 3 is 2.59 bits per heavy atom. The van der Waals surface area contributed by atoms with Gasteiger partial charge >= 0.3 is 0 Å². The van der Waals surface area contributed by atoms with Crippen molar-refractivity contribution in [1.82, 2.24) is 5.32 Å². The third kappa shape index (κ3) is 5.86. The van der Waals surface area contributed by atoms with Crippen LogP contribution in [0, 0.1) is 0 Å². The molecule has 4 nitrogen and oxygen atoms in total. The number of rotatable bonds is 8. The van der Waals surface area contributed by atoms with Crippen LogP contribution < -0.4 is 5.32 Å². The summed E-state index contributed by atoms with van der Waals surface area (Å²) in [6, 6.07) is 4.40. The molecule has 1 N–H and O–H groups in total. The van der Waals surface area contributed by atoms with Gasteiger partial charge in [0.2, 0.25) is 0 Å². The molecule has 17 heavy (non-hydrogen) atoms. The zero-order valence-electron chi connectivity index (χ0n) is 11.2. The van der Waals surface area contributed by atoms with Gasteiger partial charge in [-0.25, -0.2) is 0 Å². The second-order valence-electron chi connectivity index (χ2n) is 4.48. The first-order valence-electron chi connectivity index (χ1n) is 6.03. The first kappa shape index (κ1) is 14.2. The summed E-state index contributed by atoms with van der Waals surface area (Å²) in [7, 11) is 1.67. The van der Waals surface area contributed by atoms with Gasteiger partial charge in [0.1, 0.15) is 18.1 Å². The highest BCUT2D eigenvalue weighted by atomic mass is 16.5. The Kier molecular flexibility index (Phi) is 6.26. The number of methoxy groups -OCH3 is 1. The second kappa shape index (κ2) is 7.48. The average molecular weight is 241 g/mol. The number of nitrogens with one attached hydrogen (secondary N) is 1. The largest absolute Gasteiger partial charge is 0.462 e. The quantitative estimate of drug-likeness (QED) is 0.758. The molecule has 0 radical (unpaired) electrons. The predicted octanol–water partition coefficient (Wildman–Crippen LogP) is 2.33. The van der Waals surface area contributed by atoms with Gasteiger partial charge in [-0.2, -0.15) is 0 Å². The van der Waals surface area contributed by atoms with Crippen LogP contribution in [-0.4, -0.2) is 25.9 Å². The Labute approximate surface area is 103 Å². The van der Waals surface area contributed by atoms with Crippen molar-refractivity contribution in [1.29, 1.82) is 0 Å². The maximum atomic E-state index is 5.63. The van der Waals surface area contributed by atoms with Crippen molar-refractivity contribution >= 4 is 0 Å². The van der Waals surface area contributed by atoms with Crippen molar-refractivity contribution in [3.05, 3.63) is 23.7 Å². The first-order chi connectivity index (χ1) is 8.11. The van der Waals surface area contributed by atoms with Gasteiger partial charge in [-0.15, -0.1) is 0 Å². The summed E-state index contributed by atoms with van der Waals surface area (Å²) in [4.78, 5) is 0. The topological polar surface area (TPSA) is 43.6 Å². The van der Waals surface area contributed by atoms with Crippen LogP contribution in [-0.2, 0) is 22.6 Å². The Balaban J connectivity index is 2.30. The van der Waals surface area contributed by atoms with Crippen molar-refractivity contribution in [2.45, 2.75) is 46.1 Å².